The van der Waals surface area contributed by atoms with Crippen LogP contribution in [-0.2, 0) is 0 Å². The molecule has 0 aliphatic heterocycles. The fraction of sp³-hybridized carbons (Fsp3) is 0.647. The van der Waals surface area contributed by atoms with Crippen LogP contribution in [0.15, 0.2) is 22.7 Å². The third-order valence-corrected chi connectivity index (χ3v) is 4.91. The Morgan fingerprint density at radius 1 is 1.35 bits per heavy atom. The van der Waals surface area contributed by atoms with E-state index in [1.807, 2.05) is 0 Å². The molecule has 0 radical (unpaired) electrons. The standard InChI is InChI=1S/C17H27BrN2/c1-4-11-19-13(2)16-10-9-14(18)12-17(16)20(3)15-7-5-6-8-15/h9-10,12-13,15,19H,4-8,11H2,1-3H3. The van der Waals surface area contributed by atoms with Crippen LogP contribution in [-0.4, -0.2) is 19.6 Å². The lowest BCUT2D eigenvalue weighted by Crippen LogP contribution is -2.31. The van der Waals surface area contributed by atoms with Crippen LogP contribution in [0.5, 0.6) is 0 Å². The normalized spacial score (nSPS) is 17.4. The molecular weight excluding hydrogens is 312 g/mol. The zero-order valence-corrected chi connectivity index (χ0v) is 14.5. The van der Waals surface area contributed by atoms with Crippen LogP contribution in [0.4, 0.5) is 5.69 Å². The van der Waals surface area contributed by atoms with Crippen molar-refractivity contribution >= 4 is 21.6 Å². The first-order chi connectivity index (χ1) is 9.63. The molecule has 2 nitrogen and oxygen atoms in total. The minimum Gasteiger partial charge on any atom is -0.371 e. The summed E-state index contributed by atoms with van der Waals surface area (Å²) in [5.41, 5.74) is 2.79. The molecular formula is C17H27BrN2. The molecule has 0 aromatic heterocycles. The number of nitrogens with one attached hydrogen (secondary N) is 1. The first-order valence-corrected chi connectivity index (χ1v) is 8.68. The Morgan fingerprint density at radius 2 is 2.05 bits per heavy atom. The van der Waals surface area contributed by atoms with E-state index in [-0.39, 0.29) is 0 Å². The average molecular weight is 339 g/mol. The summed E-state index contributed by atoms with van der Waals surface area (Å²) in [7, 11) is 2.26. The lowest BCUT2D eigenvalue weighted by Gasteiger charge is -2.31. The molecule has 1 unspecified atom stereocenters. The zero-order valence-electron chi connectivity index (χ0n) is 13.0. The van der Waals surface area contributed by atoms with E-state index >= 15 is 0 Å². The van der Waals surface area contributed by atoms with Crippen LogP contribution in [0.25, 0.3) is 0 Å². The van der Waals surface area contributed by atoms with Gasteiger partial charge < -0.3 is 10.2 Å². The number of nitrogens with zero attached hydrogens (tertiary/aromatic N) is 1. The molecule has 2 rings (SSSR count). The molecule has 1 atom stereocenters. The second kappa shape index (κ2) is 7.46. The van der Waals surface area contributed by atoms with Gasteiger partial charge in [-0.2, -0.15) is 0 Å². The van der Waals surface area contributed by atoms with Crippen molar-refractivity contribution in [1.29, 1.82) is 0 Å². The van der Waals surface area contributed by atoms with E-state index in [9.17, 15) is 0 Å². The van der Waals surface area contributed by atoms with Gasteiger partial charge in [0.25, 0.3) is 0 Å². The SMILES string of the molecule is CCCNC(C)c1ccc(Br)cc1N(C)C1CCCC1. The number of hydrogen-bond donors (Lipinski definition) is 1. The van der Waals surface area contributed by atoms with Gasteiger partial charge in [-0.25, -0.2) is 0 Å². The van der Waals surface area contributed by atoms with Gasteiger partial charge in [-0.05, 0) is 50.4 Å². The monoisotopic (exact) mass is 338 g/mol. The quantitative estimate of drug-likeness (QED) is 0.794. The van der Waals surface area contributed by atoms with Crippen molar-refractivity contribution in [3.63, 3.8) is 0 Å². The number of benzene rings is 1. The zero-order chi connectivity index (χ0) is 14.5. The Bertz CT molecular complexity index is 427. The van der Waals surface area contributed by atoms with Crippen molar-refractivity contribution in [3.05, 3.63) is 28.2 Å². The Balaban J connectivity index is 2.22. The highest BCUT2D eigenvalue weighted by molar-refractivity contribution is 9.10. The van der Waals surface area contributed by atoms with Gasteiger partial charge in [0.05, 0.1) is 0 Å². The van der Waals surface area contributed by atoms with Gasteiger partial charge in [0.2, 0.25) is 0 Å². The molecule has 1 aromatic rings. The molecule has 112 valence electrons. The highest BCUT2D eigenvalue weighted by Gasteiger charge is 2.23. The molecule has 1 aromatic carbocycles. The van der Waals surface area contributed by atoms with E-state index in [0.717, 1.165) is 6.54 Å². The topological polar surface area (TPSA) is 15.3 Å². The molecule has 1 N–H and O–H groups in total. The maximum atomic E-state index is 3.63. The maximum Gasteiger partial charge on any atom is 0.0425 e. The molecule has 0 spiro atoms. The van der Waals surface area contributed by atoms with Crippen molar-refractivity contribution in [1.82, 2.24) is 5.32 Å². The van der Waals surface area contributed by atoms with Gasteiger partial charge in [0.1, 0.15) is 0 Å². The fourth-order valence-electron chi connectivity index (χ4n) is 3.15. The molecule has 1 aliphatic rings. The Morgan fingerprint density at radius 3 is 2.70 bits per heavy atom. The van der Waals surface area contributed by atoms with Gasteiger partial charge in [-0.15, -0.1) is 0 Å². The molecule has 1 fully saturated rings. The summed E-state index contributed by atoms with van der Waals surface area (Å²) >= 11 is 3.63. The molecule has 1 saturated carbocycles. The molecule has 0 amide bonds. The van der Waals surface area contributed by atoms with Crippen LogP contribution in [0, 0.1) is 0 Å². The minimum atomic E-state index is 0.405. The first kappa shape index (κ1) is 15.8. The number of hydrogen-bond acceptors (Lipinski definition) is 2. The van der Waals surface area contributed by atoms with Crippen molar-refractivity contribution in [3.8, 4) is 0 Å². The number of anilines is 1. The van der Waals surface area contributed by atoms with E-state index in [4.69, 9.17) is 0 Å². The minimum absolute atomic E-state index is 0.405. The fourth-order valence-corrected chi connectivity index (χ4v) is 3.50. The maximum absolute atomic E-state index is 3.63. The van der Waals surface area contributed by atoms with E-state index in [0.29, 0.717) is 12.1 Å². The molecule has 0 bridgehead atoms. The summed E-state index contributed by atoms with van der Waals surface area (Å²) in [5, 5.41) is 3.61. The predicted octanol–water partition coefficient (Wildman–Crippen LogP) is 4.89. The summed E-state index contributed by atoms with van der Waals surface area (Å²) in [6.45, 7) is 5.56. The van der Waals surface area contributed by atoms with Crippen LogP contribution in [0.1, 0.15) is 57.6 Å². The summed E-state index contributed by atoms with van der Waals surface area (Å²) < 4.78 is 1.17. The van der Waals surface area contributed by atoms with Crippen LogP contribution in [0.3, 0.4) is 0 Å². The highest BCUT2D eigenvalue weighted by Crippen LogP contribution is 2.33. The highest BCUT2D eigenvalue weighted by atomic mass is 79.9. The van der Waals surface area contributed by atoms with Crippen molar-refractivity contribution in [2.45, 2.75) is 58.0 Å². The van der Waals surface area contributed by atoms with E-state index in [2.05, 4.69) is 65.2 Å². The number of halogens is 1. The molecule has 0 heterocycles. The molecule has 0 saturated heterocycles. The van der Waals surface area contributed by atoms with Gasteiger partial charge in [0, 0.05) is 29.3 Å². The van der Waals surface area contributed by atoms with E-state index < -0.39 is 0 Å². The smallest absolute Gasteiger partial charge is 0.0425 e. The third-order valence-electron chi connectivity index (χ3n) is 4.41. The van der Waals surface area contributed by atoms with E-state index in [1.54, 1.807) is 0 Å². The third kappa shape index (κ3) is 3.76. The van der Waals surface area contributed by atoms with Gasteiger partial charge in [0.15, 0.2) is 0 Å². The largest absolute Gasteiger partial charge is 0.371 e. The van der Waals surface area contributed by atoms with Crippen molar-refractivity contribution in [2.75, 3.05) is 18.5 Å². The van der Waals surface area contributed by atoms with E-state index in [1.165, 1.54) is 47.8 Å². The van der Waals surface area contributed by atoms with Gasteiger partial charge in [-0.1, -0.05) is 41.8 Å². The Hall–Kier alpha value is -0.540. The lowest BCUT2D eigenvalue weighted by atomic mass is 10.0. The van der Waals surface area contributed by atoms with Crippen molar-refractivity contribution < 1.29 is 0 Å². The Kier molecular flexibility index (Phi) is 5.91. The van der Waals surface area contributed by atoms with Gasteiger partial charge in [-0.3, -0.25) is 0 Å². The second-order valence-electron chi connectivity index (χ2n) is 5.93. The predicted molar refractivity (Wildman–Crippen MR) is 91.5 cm³/mol. The lowest BCUT2D eigenvalue weighted by molar-refractivity contribution is 0.565. The van der Waals surface area contributed by atoms with Crippen molar-refractivity contribution in [2.24, 2.45) is 0 Å². The summed E-state index contributed by atoms with van der Waals surface area (Å²) in [4.78, 5) is 2.50. The van der Waals surface area contributed by atoms with Crippen LogP contribution < -0.4 is 10.2 Å². The Labute approximate surface area is 132 Å². The van der Waals surface area contributed by atoms with Gasteiger partial charge >= 0.3 is 0 Å². The van der Waals surface area contributed by atoms with Crippen LogP contribution in [0.2, 0.25) is 0 Å². The average Bonchev–Trinajstić information content (AvgIpc) is 2.98. The molecule has 1 aliphatic carbocycles. The number of rotatable bonds is 6. The second-order valence-corrected chi connectivity index (χ2v) is 6.84. The summed E-state index contributed by atoms with van der Waals surface area (Å²) in [6.07, 6.45) is 6.59. The molecule has 20 heavy (non-hydrogen) atoms. The van der Waals surface area contributed by atoms with Crippen LogP contribution >= 0.6 is 15.9 Å². The molecule has 3 heteroatoms. The first-order valence-electron chi connectivity index (χ1n) is 7.89. The summed E-state index contributed by atoms with van der Waals surface area (Å²) in [6, 6.07) is 7.81. The summed E-state index contributed by atoms with van der Waals surface area (Å²) in [5.74, 6) is 0.